The number of nitrogens with zero attached hydrogens (tertiary/aromatic N) is 1. The van der Waals surface area contributed by atoms with Crippen molar-refractivity contribution < 1.29 is 4.48 Å². The van der Waals surface area contributed by atoms with E-state index in [9.17, 15) is 0 Å². The molecule has 0 aliphatic carbocycles. The first-order chi connectivity index (χ1) is 3.81. The molecule has 0 aromatic rings. The van der Waals surface area contributed by atoms with Gasteiger partial charge >= 0.3 is 0 Å². The minimum Gasteiger partial charge on any atom is -0.327 e. The van der Waals surface area contributed by atoms with E-state index in [2.05, 4.69) is 41.9 Å². The van der Waals surface area contributed by atoms with Crippen molar-refractivity contribution in [2.75, 3.05) is 21.1 Å². The largest absolute Gasteiger partial charge is 0.327 e. The molecular formula is C8H20N+. The maximum atomic E-state index is 2.30. The van der Waals surface area contributed by atoms with Crippen molar-refractivity contribution in [2.24, 2.45) is 0 Å². The first-order valence-corrected chi connectivity index (χ1v) is 3.63. The van der Waals surface area contributed by atoms with Gasteiger partial charge in [-0.25, -0.2) is 0 Å². The van der Waals surface area contributed by atoms with Crippen LogP contribution >= 0.6 is 0 Å². The summed E-state index contributed by atoms with van der Waals surface area (Å²) in [4.78, 5) is 0. The van der Waals surface area contributed by atoms with Crippen LogP contribution in [0.3, 0.4) is 0 Å². The van der Waals surface area contributed by atoms with Crippen molar-refractivity contribution in [3.63, 3.8) is 0 Å². The Bertz CT molecular complexity index is 87.2. The fourth-order valence-corrected chi connectivity index (χ4v) is 0.474. The zero-order valence-electron chi connectivity index (χ0n) is 7.65. The predicted octanol–water partition coefficient (Wildman–Crippen LogP) is 1.88. The summed E-state index contributed by atoms with van der Waals surface area (Å²) in [6, 6.07) is 0. The molecule has 0 aliphatic rings. The minimum atomic E-state index is 0.417. The van der Waals surface area contributed by atoms with Crippen LogP contribution in [0.4, 0.5) is 0 Å². The van der Waals surface area contributed by atoms with Crippen molar-refractivity contribution >= 4 is 0 Å². The van der Waals surface area contributed by atoms with Crippen LogP contribution in [0.5, 0.6) is 0 Å². The molecule has 0 heterocycles. The van der Waals surface area contributed by atoms with Crippen LogP contribution in [0.2, 0.25) is 0 Å². The fraction of sp³-hybridized carbons (Fsp3) is 1.00. The van der Waals surface area contributed by atoms with E-state index in [0.717, 1.165) is 4.48 Å². The van der Waals surface area contributed by atoms with E-state index in [1.807, 2.05) is 0 Å². The summed E-state index contributed by atoms with van der Waals surface area (Å²) in [5.41, 5.74) is 0.417. The molecule has 1 nitrogen and oxygen atoms in total. The van der Waals surface area contributed by atoms with Crippen molar-refractivity contribution in [3.05, 3.63) is 0 Å². The van der Waals surface area contributed by atoms with Crippen LogP contribution < -0.4 is 0 Å². The van der Waals surface area contributed by atoms with Crippen molar-refractivity contribution in [3.8, 4) is 0 Å². The Balaban J connectivity index is 4.14. The van der Waals surface area contributed by atoms with Gasteiger partial charge in [-0.2, -0.15) is 0 Å². The molecule has 1 heteroatoms. The van der Waals surface area contributed by atoms with Gasteiger partial charge in [-0.1, -0.05) is 6.92 Å². The zero-order chi connectivity index (χ0) is 7.71. The average molecular weight is 130 g/mol. The molecule has 0 saturated carbocycles. The van der Waals surface area contributed by atoms with E-state index in [1.54, 1.807) is 0 Å². The third-order valence-corrected chi connectivity index (χ3v) is 2.68. The Labute approximate surface area is 59.3 Å². The van der Waals surface area contributed by atoms with E-state index in [-0.39, 0.29) is 0 Å². The second-order valence-corrected chi connectivity index (χ2v) is 4.18. The van der Waals surface area contributed by atoms with Gasteiger partial charge in [-0.15, -0.1) is 0 Å². The highest BCUT2D eigenvalue weighted by Crippen LogP contribution is 2.20. The number of quaternary nitrogens is 1. The zero-order valence-corrected chi connectivity index (χ0v) is 7.65. The maximum Gasteiger partial charge on any atom is 0.0926 e. The number of rotatable bonds is 2. The Kier molecular flexibility index (Phi) is 2.29. The lowest BCUT2D eigenvalue weighted by atomic mass is 9.98. The third-order valence-electron chi connectivity index (χ3n) is 2.68. The first kappa shape index (κ1) is 8.96. The van der Waals surface area contributed by atoms with Crippen LogP contribution in [-0.4, -0.2) is 31.2 Å². The molecule has 0 rings (SSSR count). The maximum absolute atomic E-state index is 2.30. The van der Waals surface area contributed by atoms with Crippen molar-refractivity contribution in [2.45, 2.75) is 32.7 Å². The Morgan fingerprint density at radius 3 is 1.44 bits per heavy atom. The summed E-state index contributed by atoms with van der Waals surface area (Å²) in [7, 11) is 6.72. The van der Waals surface area contributed by atoms with Gasteiger partial charge in [0, 0.05) is 0 Å². The summed E-state index contributed by atoms with van der Waals surface area (Å²) in [6.45, 7) is 6.84. The number of hydrogen-bond donors (Lipinski definition) is 0. The lowest BCUT2D eigenvalue weighted by molar-refractivity contribution is -0.919. The topological polar surface area (TPSA) is 0 Å². The summed E-state index contributed by atoms with van der Waals surface area (Å²) < 4.78 is 1.05. The van der Waals surface area contributed by atoms with E-state index in [1.165, 1.54) is 6.42 Å². The SMILES string of the molecule is CCC(C)(C)[N+](C)(C)C. The van der Waals surface area contributed by atoms with Gasteiger partial charge in [0.1, 0.15) is 0 Å². The van der Waals surface area contributed by atoms with Crippen LogP contribution in [0, 0.1) is 0 Å². The molecule has 0 aromatic heterocycles. The summed E-state index contributed by atoms with van der Waals surface area (Å²) >= 11 is 0. The Hall–Kier alpha value is -0.0400. The Morgan fingerprint density at radius 2 is 1.44 bits per heavy atom. The predicted molar refractivity (Wildman–Crippen MR) is 42.4 cm³/mol. The van der Waals surface area contributed by atoms with Crippen LogP contribution in [0.15, 0.2) is 0 Å². The molecule has 56 valence electrons. The van der Waals surface area contributed by atoms with E-state index in [0.29, 0.717) is 5.54 Å². The molecule has 0 N–H and O–H groups in total. The highest BCUT2D eigenvalue weighted by atomic mass is 15.3. The summed E-state index contributed by atoms with van der Waals surface area (Å²) in [5, 5.41) is 0. The van der Waals surface area contributed by atoms with Crippen LogP contribution in [0.25, 0.3) is 0 Å². The molecule has 0 amide bonds. The van der Waals surface area contributed by atoms with Crippen LogP contribution in [0.1, 0.15) is 27.2 Å². The average Bonchev–Trinajstić information content (AvgIpc) is 1.64. The normalized spacial score (nSPS) is 14.0. The lowest BCUT2D eigenvalue weighted by Crippen LogP contribution is -2.52. The van der Waals surface area contributed by atoms with E-state index < -0.39 is 0 Å². The lowest BCUT2D eigenvalue weighted by Gasteiger charge is -2.40. The fourth-order valence-electron chi connectivity index (χ4n) is 0.474. The van der Waals surface area contributed by atoms with Crippen molar-refractivity contribution in [1.29, 1.82) is 0 Å². The molecule has 0 bridgehead atoms. The molecule has 0 radical (unpaired) electrons. The highest BCUT2D eigenvalue weighted by molar-refractivity contribution is 4.64. The molecule has 0 spiro atoms. The van der Waals surface area contributed by atoms with Gasteiger partial charge in [-0.3, -0.25) is 0 Å². The third kappa shape index (κ3) is 1.98. The second-order valence-electron chi connectivity index (χ2n) is 4.18. The van der Waals surface area contributed by atoms with Gasteiger partial charge in [0.2, 0.25) is 0 Å². The van der Waals surface area contributed by atoms with Crippen molar-refractivity contribution in [1.82, 2.24) is 0 Å². The van der Waals surface area contributed by atoms with Gasteiger partial charge in [-0.05, 0) is 20.3 Å². The van der Waals surface area contributed by atoms with Gasteiger partial charge in [0.15, 0.2) is 0 Å². The standard InChI is InChI=1S/C8H20N/c1-7-8(2,3)9(4,5)6/h7H2,1-6H3/q+1. The molecular weight excluding hydrogens is 110 g/mol. The minimum absolute atomic E-state index is 0.417. The molecule has 0 fully saturated rings. The van der Waals surface area contributed by atoms with Gasteiger partial charge in [0.25, 0.3) is 0 Å². The van der Waals surface area contributed by atoms with E-state index >= 15 is 0 Å². The first-order valence-electron chi connectivity index (χ1n) is 3.63. The summed E-state index contributed by atoms with van der Waals surface area (Å²) in [6.07, 6.45) is 1.23. The second kappa shape index (κ2) is 2.30. The van der Waals surface area contributed by atoms with E-state index in [4.69, 9.17) is 0 Å². The Morgan fingerprint density at radius 1 is 1.11 bits per heavy atom. The van der Waals surface area contributed by atoms with Gasteiger partial charge < -0.3 is 4.48 Å². The highest BCUT2D eigenvalue weighted by Gasteiger charge is 2.29. The molecule has 0 saturated heterocycles. The van der Waals surface area contributed by atoms with Gasteiger partial charge in [0.05, 0.1) is 26.7 Å². The quantitative estimate of drug-likeness (QED) is 0.501. The molecule has 0 aliphatic heterocycles. The molecule has 0 aromatic carbocycles. The monoisotopic (exact) mass is 130 g/mol. The molecule has 0 atom stereocenters. The number of hydrogen-bond acceptors (Lipinski definition) is 0. The molecule has 9 heavy (non-hydrogen) atoms. The smallest absolute Gasteiger partial charge is 0.0926 e. The van der Waals surface area contributed by atoms with Crippen LogP contribution in [-0.2, 0) is 0 Å². The summed E-state index contributed by atoms with van der Waals surface area (Å²) in [5.74, 6) is 0. The molecule has 0 unspecified atom stereocenters.